The van der Waals surface area contributed by atoms with Crippen molar-refractivity contribution in [2.24, 2.45) is 0 Å². The van der Waals surface area contributed by atoms with E-state index in [1.54, 1.807) is 6.92 Å². The van der Waals surface area contributed by atoms with Crippen LogP contribution in [0.4, 0.5) is 11.4 Å². The van der Waals surface area contributed by atoms with Gasteiger partial charge >= 0.3 is 0 Å². The van der Waals surface area contributed by atoms with E-state index < -0.39 is 0 Å². The highest BCUT2D eigenvalue weighted by Crippen LogP contribution is 2.30. The first kappa shape index (κ1) is 18.0. The number of hydrogen-bond donors (Lipinski definition) is 0. The number of hydrogen-bond acceptors (Lipinski definition) is 3. The van der Waals surface area contributed by atoms with Crippen molar-refractivity contribution in [2.45, 2.75) is 13.5 Å². The summed E-state index contributed by atoms with van der Waals surface area (Å²) >= 11 is 5.96. The molecule has 0 unspecified atom stereocenters. The summed E-state index contributed by atoms with van der Waals surface area (Å²) in [6.07, 6.45) is 0. The predicted octanol–water partition coefficient (Wildman–Crippen LogP) is 5.89. The van der Waals surface area contributed by atoms with Crippen LogP contribution >= 0.6 is 11.6 Å². The Kier molecular flexibility index (Phi) is 5.59. The van der Waals surface area contributed by atoms with Crippen LogP contribution in [0.2, 0.25) is 5.02 Å². The van der Waals surface area contributed by atoms with Crippen molar-refractivity contribution < 1.29 is 9.53 Å². The highest BCUT2D eigenvalue weighted by atomic mass is 35.5. The van der Waals surface area contributed by atoms with Crippen molar-refractivity contribution in [1.82, 2.24) is 0 Å². The van der Waals surface area contributed by atoms with Gasteiger partial charge in [-0.15, -0.1) is 0 Å². The van der Waals surface area contributed by atoms with Gasteiger partial charge in [-0.05, 0) is 55.0 Å². The Hall–Kier alpha value is -2.78. The Morgan fingerprint density at radius 1 is 0.962 bits per heavy atom. The Labute approximate surface area is 158 Å². The van der Waals surface area contributed by atoms with Crippen molar-refractivity contribution in [3.05, 3.63) is 88.9 Å². The lowest BCUT2D eigenvalue weighted by atomic mass is 10.1. The second kappa shape index (κ2) is 8.07. The summed E-state index contributed by atoms with van der Waals surface area (Å²) in [5, 5.41) is 0.691. The molecule has 3 aromatic rings. The summed E-state index contributed by atoms with van der Waals surface area (Å²) in [4.78, 5) is 14.1. The van der Waals surface area contributed by atoms with Gasteiger partial charge in [0.05, 0.1) is 5.56 Å². The van der Waals surface area contributed by atoms with E-state index in [-0.39, 0.29) is 5.78 Å². The van der Waals surface area contributed by atoms with Crippen LogP contribution in [0.15, 0.2) is 72.8 Å². The fourth-order valence-electron chi connectivity index (χ4n) is 2.68. The van der Waals surface area contributed by atoms with Crippen LogP contribution in [0.1, 0.15) is 22.8 Å². The molecule has 0 amide bonds. The smallest absolute Gasteiger partial charge is 0.163 e. The third kappa shape index (κ3) is 4.24. The van der Waals surface area contributed by atoms with Gasteiger partial charge in [-0.2, -0.15) is 0 Å². The summed E-state index contributed by atoms with van der Waals surface area (Å²) in [7, 11) is 1.95. The van der Waals surface area contributed by atoms with Crippen molar-refractivity contribution >= 4 is 28.8 Å². The van der Waals surface area contributed by atoms with E-state index in [1.165, 1.54) is 0 Å². The van der Waals surface area contributed by atoms with Crippen LogP contribution in [0.3, 0.4) is 0 Å². The van der Waals surface area contributed by atoms with E-state index in [1.807, 2.05) is 84.7 Å². The van der Waals surface area contributed by atoms with Gasteiger partial charge in [0.2, 0.25) is 0 Å². The van der Waals surface area contributed by atoms with Crippen molar-refractivity contribution in [2.75, 3.05) is 11.9 Å². The molecular weight excluding hydrogens is 346 g/mol. The number of halogens is 1. The minimum atomic E-state index is -0.0283. The molecule has 3 nitrogen and oxygen atoms in total. The molecule has 3 rings (SSSR count). The summed E-state index contributed by atoms with van der Waals surface area (Å²) < 4.78 is 5.88. The summed E-state index contributed by atoms with van der Waals surface area (Å²) in [5.74, 6) is 0.564. The normalized spacial score (nSPS) is 10.4. The lowest BCUT2D eigenvalue weighted by Crippen LogP contribution is -2.11. The number of Topliss-reactive ketones (excluding diaryl/α,β-unsaturated/α-hetero) is 1. The van der Waals surface area contributed by atoms with E-state index in [9.17, 15) is 4.79 Å². The SMILES string of the molecule is CC(=O)c1cc(N(C)c2ccc(Cl)cc2)ccc1OCc1ccccc1. The quantitative estimate of drug-likeness (QED) is 0.510. The number of ketones is 1. The zero-order valence-corrected chi connectivity index (χ0v) is 15.5. The molecular formula is C22H20ClNO2. The van der Waals surface area contributed by atoms with E-state index >= 15 is 0 Å². The molecule has 26 heavy (non-hydrogen) atoms. The Balaban J connectivity index is 1.84. The average molecular weight is 366 g/mol. The summed E-state index contributed by atoms with van der Waals surface area (Å²) in [6.45, 7) is 1.98. The molecule has 0 bridgehead atoms. The molecule has 0 aliphatic heterocycles. The zero-order chi connectivity index (χ0) is 18.5. The van der Waals surface area contributed by atoms with Crippen LogP contribution in [-0.2, 0) is 6.61 Å². The molecule has 3 aromatic carbocycles. The molecule has 0 aromatic heterocycles. The third-order valence-electron chi connectivity index (χ3n) is 4.18. The van der Waals surface area contributed by atoms with Gasteiger partial charge < -0.3 is 9.64 Å². The summed E-state index contributed by atoms with van der Waals surface area (Å²) in [5.41, 5.74) is 3.52. The van der Waals surface area contributed by atoms with Crippen LogP contribution in [0.25, 0.3) is 0 Å². The summed E-state index contributed by atoms with van der Waals surface area (Å²) in [6, 6.07) is 23.1. The van der Waals surface area contributed by atoms with Crippen molar-refractivity contribution in [3.8, 4) is 5.75 Å². The number of carbonyl (C=O) groups excluding carboxylic acids is 1. The first-order valence-corrected chi connectivity index (χ1v) is 8.73. The fraction of sp³-hybridized carbons (Fsp3) is 0.136. The van der Waals surface area contributed by atoms with E-state index in [0.717, 1.165) is 16.9 Å². The maximum absolute atomic E-state index is 12.1. The third-order valence-corrected chi connectivity index (χ3v) is 4.43. The average Bonchev–Trinajstić information content (AvgIpc) is 2.67. The maximum Gasteiger partial charge on any atom is 0.163 e. The molecule has 0 radical (unpaired) electrons. The minimum absolute atomic E-state index is 0.0283. The van der Waals surface area contributed by atoms with Crippen LogP contribution in [0.5, 0.6) is 5.75 Å². The molecule has 0 aliphatic rings. The number of carbonyl (C=O) groups is 1. The minimum Gasteiger partial charge on any atom is -0.488 e. The fourth-order valence-corrected chi connectivity index (χ4v) is 2.80. The van der Waals surface area contributed by atoms with Gasteiger partial charge in [-0.3, -0.25) is 4.79 Å². The van der Waals surface area contributed by atoms with E-state index in [0.29, 0.717) is 22.9 Å². The van der Waals surface area contributed by atoms with E-state index in [4.69, 9.17) is 16.3 Å². The lowest BCUT2D eigenvalue weighted by molar-refractivity contribution is 0.101. The van der Waals surface area contributed by atoms with Crippen LogP contribution in [-0.4, -0.2) is 12.8 Å². The van der Waals surface area contributed by atoms with Gasteiger partial charge in [0.15, 0.2) is 5.78 Å². The second-order valence-corrected chi connectivity index (χ2v) is 6.48. The second-order valence-electron chi connectivity index (χ2n) is 6.05. The molecule has 0 fully saturated rings. The number of nitrogens with zero attached hydrogens (tertiary/aromatic N) is 1. The van der Waals surface area contributed by atoms with Gasteiger partial charge in [0.1, 0.15) is 12.4 Å². The number of rotatable bonds is 6. The van der Waals surface area contributed by atoms with Crippen molar-refractivity contribution in [1.29, 1.82) is 0 Å². The molecule has 4 heteroatoms. The lowest BCUT2D eigenvalue weighted by Gasteiger charge is -2.21. The Bertz CT molecular complexity index is 892. The topological polar surface area (TPSA) is 29.5 Å². The molecule has 0 aliphatic carbocycles. The Morgan fingerprint density at radius 2 is 1.62 bits per heavy atom. The van der Waals surface area contributed by atoms with E-state index in [2.05, 4.69) is 0 Å². The van der Waals surface area contributed by atoms with Crippen molar-refractivity contribution in [3.63, 3.8) is 0 Å². The van der Waals surface area contributed by atoms with Crippen LogP contribution < -0.4 is 9.64 Å². The molecule has 0 heterocycles. The number of ether oxygens (including phenoxy) is 1. The predicted molar refractivity (Wildman–Crippen MR) is 107 cm³/mol. The largest absolute Gasteiger partial charge is 0.488 e. The standard InChI is InChI=1S/C22H20ClNO2/c1-16(25)21-14-20(24(2)19-10-8-18(23)9-11-19)12-13-22(21)26-15-17-6-4-3-5-7-17/h3-14H,15H2,1-2H3. The van der Waals surface area contributed by atoms with Gasteiger partial charge in [-0.1, -0.05) is 41.9 Å². The highest BCUT2D eigenvalue weighted by Gasteiger charge is 2.13. The first-order valence-electron chi connectivity index (χ1n) is 8.35. The molecule has 0 saturated carbocycles. The zero-order valence-electron chi connectivity index (χ0n) is 14.8. The Morgan fingerprint density at radius 3 is 2.27 bits per heavy atom. The maximum atomic E-state index is 12.1. The monoisotopic (exact) mass is 365 g/mol. The van der Waals surface area contributed by atoms with Gasteiger partial charge in [-0.25, -0.2) is 0 Å². The molecule has 0 atom stereocenters. The van der Waals surface area contributed by atoms with Gasteiger partial charge in [0, 0.05) is 23.4 Å². The molecule has 132 valence electrons. The first-order chi connectivity index (χ1) is 12.5. The van der Waals surface area contributed by atoms with Crippen LogP contribution in [0, 0.1) is 0 Å². The number of benzene rings is 3. The highest BCUT2D eigenvalue weighted by molar-refractivity contribution is 6.30. The molecule has 0 N–H and O–H groups in total. The van der Waals surface area contributed by atoms with Gasteiger partial charge in [0.25, 0.3) is 0 Å². The molecule has 0 spiro atoms. The molecule has 0 saturated heterocycles. The number of anilines is 2.